The third-order valence-electron chi connectivity index (χ3n) is 1.96. The summed E-state index contributed by atoms with van der Waals surface area (Å²) < 4.78 is 5.55. The number of nitro benzene ring substituents is 1. The maximum absolute atomic E-state index is 10.5. The average molecular weight is 224 g/mol. The number of nitrogen functional groups attached to an aromatic ring is 1. The Kier molecular flexibility index (Phi) is 3.49. The molecule has 1 aromatic rings. The zero-order chi connectivity index (χ0) is 12.3. The van der Waals surface area contributed by atoms with Gasteiger partial charge in [-0.25, -0.2) is 0 Å². The smallest absolute Gasteiger partial charge is 0.292 e. The predicted octanol–water partition coefficient (Wildman–Crippen LogP) is 2.49. The van der Waals surface area contributed by atoms with Gasteiger partial charge in [-0.3, -0.25) is 10.1 Å². The molecule has 0 bridgehead atoms. The normalized spacial score (nSPS) is 11.4. The number of rotatable bonds is 3. The van der Waals surface area contributed by atoms with E-state index in [1.165, 1.54) is 6.07 Å². The van der Waals surface area contributed by atoms with E-state index in [1.54, 1.807) is 12.1 Å². The van der Waals surface area contributed by atoms with Gasteiger partial charge in [0.25, 0.3) is 5.69 Å². The molecule has 2 N–H and O–H groups in total. The van der Waals surface area contributed by atoms with Crippen molar-refractivity contribution in [3.63, 3.8) is 0 Å². The maximum Gasteiger partial charge on any atom is 0.292 e. The highest BCUT2D eigenvalue weighted by Gasteiger charge is 2.13. The lowest BCUT2D eigenvalue weighted by atomic mass is 10.1. The van der Waals surface area contributed by atoms with Gasteiger partial charge in [-0.05, 0) is 38.5 Å². The minimum atomic E-state index is -0.496. The minimum Gasteiger partial charge on any atom is -0.393 e. The first-order valence-corrected chi connectivity index (χ1v) is 4.96. The van der Waals surface area contributed by atoms with Crippen molar-refractivity contribution in [2.24, 2.45) is 0 Å². The molecular formula is C11H16N2O3. The van der Waals surface area contributed by atoms with Crippen molar-refractivity contribution < 1.29 is 9.66 Å². The fourth-order valence-electron chi connectivity index (χ4n) is 1.16. The van der Waals surface area contributed by atoms with Crippen LogP contribution < -0.4 is 5.73 Å². The molecule has 0 saturated heterocycles. The largest absolute Gasteiger partial charge is 0.393 e. The first kappa shape index (κ1) is 12.4. The van der Waals surface area contributed by atoms with Crippen LogP contribution in [0.15, 0.2) is 18.2 Å². The molecule has 0 saturated carbocycles. The van der Waals surface area contributed by atoms with E-state index < -0.39 is 4.92 Å². The second kappa shape index (κ2) is 4.49. The van der Waals surface area contributed by atoms with Gasteiger partial charge in [0, 0.05) is 6.07 Å². The van der Waals surface area contributed by atoms with E-state index in [1.807, 2.05) is 20.8 Å². The fourth-order valence-corrected chi connectivity index (χ4v) is 1.16. The molecule has 1 aromatic carbocycles. The lowest BCUT2D eigenvalue weighted by Gasteiger charge is -2.19. The summed E-state index contributed by atoms with van der Waals surface area (Å²) in [5, 5.41) is 10.5. The van der Waals surface area contributed by atoms with E-state index in [0.717, 1.165) is 5.56 Å². The van der Waals surface area contributed by atoms with Gasteiger partial charge in [0.2, 0.25) is 0 Å². The van der Waals surface area contributed by atoms with Gasteiger partial charge in [0.15, 0.2) is 0 Å². The van der Waals surface area contributed by atoms with Gasteiger partial charge < -0.3 is 10.5 Å². The van der Waals surface area contributed by atoms with Crippen molar-refractivity contribution in [1.82, 2.24) is 0 Å². The molecule has 5 nitrogen and oxygen atoms in total. The fraction of sp³-hybridized carbons (Fsp3) is 0.455. The number of ether oxygens (including phenoxy) is 1. The highest BCUT2D eigenvalue weighted by atomic mass is 16.6. The van der Waals surface area contributed by atoms with Crippen LogP contribution in [-0.4, -0.2) is 10.5 Å². The summed E-state index contributed by atoms with van der Waals surface area (Å²) >= 11 is 0. The molecular weight excluding hydrogens is 208 g/mol. The van der Waals surface area contributed by atoms with Crippen LogP contribution in [-0.2, 0) is 11.3 Å². The van der Waals surface area contributed by atoms with E-state index in [9.17, 15) is 10.1 Å². The summed E-state index contributed by atoms with van der Waals surface area (Å²) in [6.07, 6.45) is 0. The predicted molar refractivity (Wildman–Crippen MR) is 62.1 cm³/mol. The standard InChI is InChI=1S/C11H16N2O3/c1-11(2,3)16-7-8-4-5-10(13(14)15)9(12)6-8/h4-6H,7,12H2,1-3H3. The summed E-state index contributed by atoms with van der Waals surface area (Å²) in [6.45, 7) is 6.23. The van der Waals surface area contributed by atoms with Crippen molar-refractivity contribution in [2.45, 2.75) is 33.0 Å². The Balaban J connectivity index is 2.78. The number of hydrogen-bond acceptors (Lipinski definition) is 4. The van der Waals surface area contributed by atoms with E-state index in [0.29, 0.717) is 6.61 Å². The van der Waals surface area contributed by atoms with Crippen LogP contribution in [0.2, 0.25) is 0 Å². The third kappa shape index (κ3) is 3.51. The van der Waals surface area contributed by atoms with Gasteiger partial charge in [0.1, 0.15) is 5.69 Å². The molecule has 0 radical (unpaired) electrons. The van der Waals surface area contributed by atoms with Crippen LogP contribution in [0.5, 0.6) is 0 Å². The quantitative estimate of drug-likeness (QED) is 0.486. The van der Waals surface area contributed by atoms with Crippen LogP contribution in [0, 0.1) is 10.1 Å². The van der Waals surface area contributed by atoms with Gasteiger partial charge in [-0.2, -0.15) is 0 Å². The van der Waals surface area contributed by atoms with Crippen molar-refractivity contribution in [3.05, 3.63) is 33.9 Å². The van der Waals surface area contributed by atoms with Crippen molar-refractivity contribution in [1.29, 1.82) is 0 Å². The Hall–Kier alpha value is -1.62. The highest BCUT2D eigenvalue weighted by Crippen LogP contribution is 2.23. The molecule has 0 aliphatic carbocycles. The third-order valence-corrected chi connectivity index (χ3v) is 1.96. The molecule has 0 atom stereocenters. The summed E-state index contributed by atoms with van der Waals surface area (Å²) in [7, 11) is 0. The zero-order valence-corrected chi connectivity index (χ0v) is 9.69. The molecule has 5 heteroatoms. The Labute approximate surface area is 94.4 Å². The first-order chi connectivity index (χ1) is 7.29. The Bertz CT molecular complexity index is 397. The number of benzene rings is 1. The van der Waals surface area contributed by atoms with Crippen molar-refractivity contribution >= 4 is 11.4 Å². The van der Waals surface area contributed by atoms with Crippen LogP contribution in [0.1, 0.15) is 26.3 Å². The molecule has 0 heterocycles. The van der Waals surface area contributed by atoms with Gasteiger partial charge in [0.05, 0.1) is 17.1 Å². The van der Waals surface area contributed by atoms with Crippen LogP contribution in [0.25, 0.3) is 0 Å². The van der Waals surface area contributed by atoms with E-state index in [4.69, 9.17) is 10.5 Å². The number of hydrogen-bond donors (Lipinski definition) is 1. The number of anilines is 1. The lowest BCUT2D eigenvalue weighted by Crippen LogP contribution is -2.18. The SMILES string of the molecule is CC(C)(C)OCc1ccc([N+](=O)[O-])c(N)c1. The lowest BCUT2D eigenvalue weighted by molar-refractivity contribution is -0.383. The second-order valence-corrected chi connectivity index (χ2v) is 4.55. The summed E-state index contributed by atoms with van der Waals surface area (Å²) in [4.78, 5) is 10.0. The number of nitrogens with two attached hydrogens (primary N) is 1. The van der Waals surface area contributed by atoms with Gasteiger partial charge in [-0.15, -0.1) is 0 Å². The molecule has 0 spiro atoms. The molecule has 88 valence electrons. The monoisotopic (exact) mass is 224 g/mol. The Morgan fingerprint density at radius 2 is 2.06 bits per heavy atom. The molecule has 0 aliphatic heterocycles. The van der Waals surface area contributed by atoms with Crippen LogP contribution >= 0.6 is 0 Å². The first-order valence-electron chi connectivity index (χ1n) is 4.96. The molecule has 0 unspecified atom stereocenters. The Morgan fingerprint density at radius 1 is 1.44 bits per heavy atom. The van der Waals surface area contributed by atoms with Crippen molar-refractivity contribution in [3.8, 4) is 0 Å². The molecule has 0 aromatic heterocycles. The number of nitro groups is 1. The Morgan fingerprint density at radius 3 is 2.50 bits per heavy atom. The number of nitrogens with zero attached hydrogens (tertiary/aromatic N) is 1. The van der Waals surface area contributed by atoms with Gasteiger partial charge in [-0.1, -0.05) is 0 Å². The van der Waals surface area contributed by atoms with Gasteiger partial charge >= 0.3 is 0 Å². The molecule has 1 rings (SSSR count). The van der Waals surface area contributed by atoms with Crippen LogP contribution in [0.4, 0.5) is 11.4 Å². The zero-order valence-electron chi connectivity index (χ0n) is 9.69. The molecule has 0 amide bonds. The van der Waals surface area contributed by atoms with E-state index >= 15 is 0 Å². The van der Waals surface area contributed by atoms with E-state index in [-0.39, 0.29) is 17.0 Å². The second-order valence-electron chi connectivity index (χ2n) is 4.55. The average Bonchev–Trinajstić information content (AvgIpc) is 2.13. The van der Waals surface area contributed by atoms with Crippen molar-refractivity contribution in [2.75, 3.05) is 5.73 Å². The summed E-state index contributed by atoms with van der Waals surface area (Å²) in [5.74, 6) is 0. The highest BCUT2D eigenvalue weighted by molar-refractivity contribution is 5.59. The molecule has 0 fully saturated rings. The molecule has 16 heavy (non-hydrogen) atoms. The molecule has 0 aliphatic rings. The maximum atomic E-state index is 10.5. The topological polar surface area (TPSA) is 78.4 Å². The summed E-state index contributed by atoms with van der Waals surface area (Å²) in [5.41, 5.74) is 6.25. The van der Waals surface area contributed by atoms with Crippen LogP contribution in [0.3, 0.4) is 0 Å². The van der Waals surface area contributed by atoms with E-state index in [2.05, 4.69) is 0 Å². The minimum absolute atomic E-state index is 0.0699. The summed E-state index contributed by atoms with van der Waals surface area (Å²) in [6, 6.07) is 4.63.